The number of imide groups is 1. The maximum absolute atomic E-state index is 12.2. The van der Waals surface area contributed by atoms with Crippen LogP contribution in [0.3, 0.4) is 0 Å². The Hall–Kier alpha value is -3.03. The summed E-state index contributed by atoms with van der Waals surface area (Å²) in [5.41, 5.74) is 1.50. The summed E-state index contributed by atoms with van der Waals surface area (Å²) in [5.74, 6) is -1.74. The predicted octanol–water partition coefficient (Wildman–Crippen LogP) is 1.70. The summed E-state index contributed by atoms with van der Waals surface area (Å²) >= 11 is 0. The molecular formula is C21H23N3O4. The van der Waals surface area contributed by atoms with E-state index in [0.29, 0.717) is 16.7 Å². The Morgan fingerprint density at radius 2 is 1.61 bits per heavy atom. The maximum atomic E-state index is 12.2. The van der Waals surface area contributed by atoms with Gasteiger partial charge in [0.25, 0.3) is 11.8 Å². The van der Waals surface area contributed by atoms with Crippen LogP contribution in [0.5, 0.6) is 0 Å². The number of nitrogens with one attached hydrogen (secondary N) is 1. The quantitative estimate of drug-likeness (QED) is 0.787. The highest BCUT2D eigenvalue weighted by Gasteiger charge is 2.34. The lowest BCUT2D eigenvalue weighted by Crippen LogP contribution is -2.40. The average molecular weight is 381 g/mol. The number of amides is 2. The van der Waals surface area contributed by atoms with Gasteiger partial charge in [-0.15, -0.1) is 0 Å². The smallest absolute Gasteiger partial charge is 0.335 e. The van der Waals surface area contributed by atoms with Crippen LogP contribution in [0.15, 0.2) is 48.5 Å². The molecule has 7 heteroatoms. The number of likely N-dealkylation sites (N-methyl/N-ethyl adjacent to an activating group) is 1. The zero-order valence-electron chi connectivity index (χ0n) is 15.7. The minimum Gasteiger partial charge on any atom is -0.478 e. The van der Waals surface area contributed by atoms with Crippen molar-refractivity contribution in [1.82, 2.24) is 15.1 Å². The molecule has 4 rings (SSSR count). The third-order valence-electron chi connectivity index (χ3n) is 4.73. The van der Waals surface area contributed by atoms with Gasteiger partial charge in [-0.3, -0.25) is 14.5 Å². The second-order valence-corrected chi connectivity index (χ2v) is 6.80. The first-order chi connectivity index (χ1) is 13.5. The number of hydrogen-bond donors (Lipinski definition) is 2. The van der Waals surface area contributed by atoms with Crippen LogP contribution in [0.25, 0.3) is 0 Å². The van der Waals surface area contributed by atoms with Gasteiger partial charge in [0.1, 0.15) is 0 Å². The van der Waals surface area contributed by atoms with Gasteiger partial charge >= 0.3 is 5.97 Å². The van der Waals surface area contributed by atoms with Crippen molar-refractivity contribution in [3.8, 4) is 0 Å². The lowest BCUT2D eigenvalue weighted by Gasteiger charge is -2.21. The predicted molar refractivity (Wildman–Crippen MR) is 104 cm³/mol. The summed E-state index contributed by atoms with van der Waals surface area (Å²) in [5, 5.41) is 12.2. The van der Waals surface area contributed by atoms with Crippen LogP contribution < -0.4 is 5.32 Å². The molecule has 2 N–H and O–H groups in total. The van der Waals surface area contributed by atoms with Gasteiger partial charge in [0.05, 0.1) is 23.2 Å². The van der Waals surface area contributed by atoms with E-state index in [1.165, 1.54) is 25.2 Å². The number of carbonyl (C=O) groups excluding carboxylic acids is 2. The molecule has 2 heterocycles. The highest BCUT2D eigenvalue weighted by molar-refractivity contribution is 6.21. The molecule has 1 saturated heterocycles. The molecule has 0 aromatic heterocycles. The van der Waals surface area contributed by atoms with Gasteiger partial charge in [-0.05, 0) is 36.9 Å². The second kappa shape index (κ2) is 8.77. The van der Waals surface area contributed by atoms with Crippen LogP contribution in [0, 0.1) is 0 Å². The fourth-order valence-corrected chi connectivity index (χ4v) is 3.14. The number of rotatable bonds is 3. The van der Waals surface area contributed by atoms with Crippen molar-refractivity contribution in [1.29, 1.82) is 0 Å². The molecule has 0 unspecified atom stereocenters. The Balaban J connectivity index is 0.000000271. The Labute approximate surface area is 163 Å². The molecule has 0 radical (unpaired) electrons. The normalized spacial score (nSPS) is 16.4. The Morgan fingerprint density at radius 1 is 1.00 bits per heavy atom. The molecule has 7 nitrogen and oxygen atoms in total. The van der Waals surface area contributed by atoms with E-state index in [1.807, 2.05) is 0 Å². The molecule has 0 aliphatic carbocycles. The van der Waals surface area contributed by atoms with E-state index >= 15 is 0 Å². The second-order valence-electron chi connectivity index (χ2n) is 6.80. The number of fused-ring (bicyclic) bond motifs is 1. The van der Waals surface area contributed by atoms with Crippen molar-refractivity contribution in [2.24, 2.45) is 0 Å². The van der Waals surface area contributed by atoms with Crippen LogP contribution in [0.2, 0.25) is 0 Å². The van der Waals surface area contributed by atoms with Gasteiger partial charge in [0.2, 0.25) is 0 Å². The third kappa shape index (κ3) is 4.44. The van der Waals surface area contributed by atoms with Crippen molar-refractivity contribution in [3.63, 3.8) is 0 Å². The van der Waals surface area contributed by atoms with E-state index in [4.69, 9.17) is 5.11 Å². The summed E-state index contributed by atoms with van der Waals surface area (Å²) in [6.45, 7) is 4.81. The Kier molecular flexibility index (Phi) is 6.18. The molecule has 1 fully saturated rings. The first-order valence-corrected chi connectivity index (χ1v) is 9.14. The first kappa shape index (κ1) is 19.7. The van der Waals surface area contributed by atoms with Gasteiger partial charge in [-0.2, -0.15) is 0 Å². The molecule has 2 aliphatic heterocycles. The lowest BCUT2D eigenvalue weighted by molar-refractivity contribution is 0.0641. The summed E-state index contributed by atoms with van der Waals surface area (Å²) < 4.78 is 0. The van der Waals surface area contributed by atoms with Gasteiger partial charge in [0.15, 0.2) is 0 Å². The lowest BCUT2D eigenvalue weighted by atomic mass is 10.1. The standard InChI is InChI=1S/C16H11NO4.C5H12N2/c18-14-12-6-1-2-7-13(12)15(19)17(14)9-10-4-3-5-11(8-10)16(20)21;1-7-4-2-6-3-5-7/h1-8H,9H2,(H,20,21);6H,2-5H2,1H3. The number of hydrogen-bond acceptors (Lipinski definition) is 5. The molecular weight excluding hydrogens is 358 g/mol. The Bertz CT molecular complexity index is 856. The summed E-state index contributed by atoms with van der Waals surface area (Å²) in [6.07, 6.45) is 0. The van der Waals surface area contributed by atoms with Gasteiger partial charge in [-0.25, -0.2) is 4.79 Å². The highest BCUT2D eigenvalue weighted by atomic mass is 16.4. The largest absolute Gasteiger partial charge is 0.478 e. The maximum Gasteiger partial charge on any atom is 0.335 e. The highest BCUT2D eigenvalue weighted by Crippen LogP contribution is 2.24. The van der Waals surface area contributed by atoms with E-state index in [-0.39, 0.29) is 23.9 Å². The fraction of sp³-hybridized carbons (Fsp3) is 0.286. The van der Waals surface area contributed by atoms with Crippen molar-refractivity contribution < 1.29 is 19.5 Å². The van der Waals surface area contributed by atoms with Crippen molar-refractivity contribution in [2.45, 2.75) is 6.54 Å². The van der Waals surface area contributed by atoms with E-state index in [9.17, 15) is 14.4 Å². The van der Waals surface area contributed by atoms with Crippen molar-refractivity contribution in [2.75, 3.05) is 33.2 Å². The van der Waals surface area contributed by atoms with Gasteiger partial charge in [-0.1, -0.05) is 24.3 Å². The van der Waals surface area contributed by atoms with Crippen LogP contribution >= 0.6 is 0 Å². The average Bonchev–Trinajstić information content (AvgIpc) is 2.94. The van der Waals surface area contributed by atoms with Crippen molar-refractivity contribution >= 4 is 17.8 Å². The minimum absolute atomic E-state index is 0.0630. The summed E-state index contributed by atoms with van der Waals surface area (Å²) in [7, 11) is 2.15. The number of carboxylic acid groups (broad SMARTS) is 1. The number of nitrogens with zero attached hydrogens (tertiary/aromatic N) is 2. The topological polar surface area (TPSA) is 90.0 Å². The third-order valence-corrected chi connectivity index (χ3v) is 4.73. The van der Waals surface area contributed by atoms with Gasteiger partial charge in [0, 0.05) is 26.2 Å². The fourth-order valence-electron chi connectivity index (χ4n) is 3.14. The van der Waals surface area contributed by atoms with Crippen LogP contribution in [-0.4, -0.2) is 65.9 Å². The molecule has 0 bridgehead atoms. The monoisotopic (exact) mass is 381 g/mol. The number of carbonyl (C=O) groups is 3. The van der Waals surface area contributed by atoms with Crippen LogP contribution in [-0.2, 0) is 6.54 Å². The number of aromatic carboxylic acids is 1. The van der Waals surface area contributed by atoms with E-state index in [2.05, 4.69) is 17.3 Å². The first-order valence-electron chi connectivity index (χ1n) is 9.14. The molecule has 2 aromatic rings. The van der Waals surface area contributed by atoms with E-state index in [0.717, 1.165) is 18.0 Å². The SMILES string of the molecule is CN1CCNCC1.O=C(O)c1cccc(CN2C(=O)c3ccccc3C2=O)c1. The minimum atomic E-state index is -1.04. The molecule has 0 atom stereocenters. The van der Waals surface area contributed by atoms with Crippen molar-refractivity contribution in [3.05, 3.63) is 70.8 Å². The van der Waals surface area contributed by atoms with E-state index in [1.54, 1.807) is 36.4 Å². The molecule has 0 saturated carbocycles. The summed E-state index contributed by atoms with van der Waals surface area (Å²) in [4.78, 5) is 38.8. The van der Waals surface area contributed by atoms with Gasteiger partial charge < -0.3 is 15.3 Å². The van der Waals surface area contributed by atoms with Crippen LogP contribution in [0.1, 0.15) is 36.6 Å². The zero-order valence-corrected chi connectivity index (χ0v) is 15.7. The van der Waals surface area contributed by atoms with Crippen LogP contribution in [0.4, 0.5) is 0 Å². The molecule has 146 valence electrons. The summed E-state index contributed by atoms with van der Waals surface area (Å²) in [6, 6.07) is 12.9. The molecule has 0 spiro atoms. The molecule has 2 aliphatic rings. The molecule has 2 amide bonds. The Morgan fingerprint density at radius 3 is 2.11 bits per heavy atom. The molecule has 2 aromatic carbocycles. The zero-order chi connectivity index (χ0) is 20.1. The number of benzene rings is 2. The number of carboxylic acids is 1. The molecule has 28 heavy (non-hydrogen) atoms. The van der Waals surface area contributed by atoms with E-state index < -0.39 is 5.97 Å². The number of piperazine rings is 1.